The molecule has 1 amide bonds. The number of methoxy groups -OCH3 is 1. The van der Waals surface area contributed by atoms with Crippen LogP contribution in [0.4, 0.5) is 13.2 Å². The molecule has 0 bridgehead atoms. The molecule has 1 aromatic carbocycles. The van der Waals surface area contributed by atoms with Crippen molar-refractivity contribution < 1.29 is 31.9 Å². The van der Waals surface area contributed by atoms with Crippen molar-refractivity contribution in [2.75, 3.05) is 13.7 Å². The van der Waals surface area contributed by atoms with Crippen LogP contribution in [0.25, 0.3) is 11.3 Å². The first-order chi connectivity index (χ1) is 14.2. The number of halogens is 3. The first kappa shape index (κ1) is 20.5. The van der Waals surface area contributed by atoms with Crippen LogP contribution in [0.3, 0.4) is 0 Å². The molecule has 2 atom stereocenters. The summed E-state index contributed by atoms with van der Waals surface area (Å²) < 4.78 is 50.0. The van der Waals surface area contributed by atoms with Gasteiger partial charge in [0.2, 0.25) is 11.7 Å². The average Bonchev–Trinajstić information content (AvgIpc) is 3.28. The van der Waals surface area contributed by atoms with Gasteiger partial charge in [0, 0.05) is 24.9 Å². The number of hydrogen-bond acceptors (Lipinski definition) is 4. The van der Waals surface area contributed by atoms with Crippen molar-refractivity contribution in [2.45, 2.75) is 44.8 Å². The Bertz CT molecular complexity index is 995. The van der Waals surface area contributed by atoms with Gasteiger partial charge in [-0.15, -0.1) is 0 Å². The Morgan fingerprint density at radius 2 is 1.97 bits per heavy atom. The number of Topliss-reactive ketones (excluding diaryl/α,β-unsaturated/α-hetero) is 1. The van der Waals surface area contributed by atoms with Gasteiger partial charge in [-0.3, -0.25) is 9.59 Å². The Balaban J connectivity index is 1.61. The van der Waals surface area contributed by atoms with Crippen molar-refractivity contribution in [3.8, 4) is 17.1 Å². The van der Waals surface area contributed by atoms with Gasteiger partial charge in [0.1, 0.15) is 11.5 Å². The van der Waals surface area contributed by atoms with Crippen LogP contribution in [0.1, 0.15) is 47.4 Å². The number of nitrogens with zero attached hydrogens (tertiary/aromatic N) is 1. The summed E-state index contributed by atoms with van der Waals surface area (Å²) in [5.41, 5.74) is 0.151. The maximum Gasteiger partial charge on any atom is 0.416 e. The Kier molecular flexibility index (Phi) is 5.11. The average molecular weight is 421 g/mol. The normalized spacial score (nSPS) is 21.6. The number of benzene rings is 1. The van der Waals surface area contributed by atoms with Crippen LogP contribution in [0, 0.1) is 12.8 Å². The minimum absolute atomic E-state index is 0.0180. The van der Waals surface area contributed by atoms with Crippen molar-refractivity contribution >= 4 is 11.7 Å². The SMILES string of the molecule is COc1cc(C(F)(F)F)ccc1-c1oc(C(=O)[C@@H]2CC[C@H]3CCC(=O)N3C2)cc1C. The molecule has 0 aliphatic carbocycles. The summed E-state index contributed by atoms with van der Waals surface area (Å²) in [6, 6.07) is 5.00. The van der Waals surface area contributed by atoms with Crippen LogP contribution < -0.4 is 4.74 Å². The van der Waals surface area contributed by atoms with Crippen LogP contribution in [0.5, 0.6) is 5.75 Å². The van der Waals surface area contributed by atoms with Crippen LogP contribution in [0.15, 0.2) is 28.7 Å². The summed E-state index contributed by atoms with van der Waals surface area (Å²) in [6.07, 6.45) is -1.63. The number of carbonyl (C=O) groups excluding carboxylic acids is 2. The van der Waals surface area contributed by atoms with Gasteiger partial charge in [-0.25, -0.2) is 0 Å². The van der Waals surface area contributed by atoms with Gasteiger partial charge in [0.05, 0.1) is 18.2 Å². The molecule has 0 spiro atoms. The van der Waals surface area contributed by atoms with E-state index in [4.69, 9.17) is 9.15 Å². The molecule has 30 heavy (non-hydrogen) atoms. The molecule has 2 aliphatic rings. The van der Waals surface area contributed by atoms with E-state index in [9.17, 15) is 22.8 Å². The lowest BCUT2D eigenvalue weighted by Gasteiger charge is -2.34. The van der Waals surface area contributed by atoms with Gasteiger partial charge in [0.15, 0.2) is 5.76 Å². The minimum Gasteiger partial charge on any atom is -0.496 e. The fraction of sp³-hybridized carbons (Fsp3) is 0.455. The predicted octanol–water partition coefficient (Wildman–Crippen LogP) is 4.87. The van der Waals surface area contributed by atoms with E-state index >= 15 is 0 Å². The third kappa shape index (κ3) is 3.59. The summed E-state index contributed by atoms with van der Waals surface area (Å²) in [6.45, 7) is 2.12. The van der Waals surface area contributed by atoms with E-state index in [0.29, 0.717) is 36.3 Å². The van der Waals surface area contributed by atoms with E-state index in [-0.39, 0.29) is 35.2 Å². The molecule has 0 radical (unpaired) electrons. The number of ketones is 1. The lowest BCUT2D eigenvalue weighted by atomic mass is 9.89. The molecule has 4 rings (SSSR count). The molecule has 2 saturated heterocycles. The van der Waals surface area contributed by atoms with Gasteiger partial charge in [-0.05, 0) is 56.0 Å². The Morgan fingerprint density at radius 3 is 2.67 bits per heavy atom. The van der Waals surface area contributed by atoms with Crippen LogP contribution in [0.2, 0.25) is 0 Å². The number of hydrogen-bond donors (Lipinski definition) is 0. The zero-order chi connectivity index (χ0) is 21.6. The van der Waals surface area contributed by atoms with Crippen LogP contribution >= 0.6 is 0 Å². The highest BCUT2D eigenvalue weighted by Gasteiger charge is 2.39. The van der Waals surface area contributed by atoms with Gasteiger partial charge in [0.25, 0.3) is 0 Å². The van der Waals surface area contributed by atoms with E-state index in [1.165, 1.54) is 13.2 Å². The van der Waals surface area contributed by atoms with E-state index in [2.05, 4.69) is 0 Å². The topological polar surface area (TPSA) is 59.8 Å². The number of fused-ring (bicyclic) bond motifs is 1. The number of piperidine rings is 1. The van der Waals surface area contributed by atoms with Crippen molar-refractivity contribution in [2.24, 2.45) is 5.92 Å². The van der Waals surface area contributed by atoms with E-state index in [1.54, 1.807) is 17.9 Å². The highest BCUT2D eigenvalue weighted by atomic mass is 19.4. The summed E-state index contributed by atoms with van der Waals surface area (Å²) in [5.74, 6) is 0.0340. The molecule has 3 heterocycles. The summed E-state index contributed by atoms with van der Waals surface area (Å²) in [7, 11) is 1.29. The molecule has 1 aromatic heterocycles. The Hall–Kier alpha value is -2.77. The number of ether oxygens (including phenoxy) is 1. The Morgan fingerprint density at radius 1 is 1.20 bits per heavy atom. The fourth-order valence-electron chi connectivity index (χ4n) is 4.41. The maximum absolute atomic E-state index is 13.0. The number of aryl methyl sites for hydroxylation is 1. The first-order valence-corrected chi connectivity index (χ1v) is 9.88. The summed E-state index contributed by atoms with van der Waals surface area (Å²) >= 11 is 0. The second-order valence-corrected chi connectivity index (χ2v) is 7.91. The number of alkyl halides is 3. The van der Waals surface area contributed by atoms with Crippen molar-refractivity contribution in [3.05, 3.63) is 41.2 Å². The van der Waals surface area contributed by atoms with Gasteiger partial charge < -0.3 is 14.1 Å². The third-order valence-corrected chi connectivity index (χ3v) is 6.02. The van der Waals surface area contributed by atoms with Crippen LogP contribution in [-0.2, 0) is 11.0 Å². The molecular formula is C22H22F3NO4. The maximum atomic E-state index is 13.0. The van der Waals surface area contributed by atoms with E-state index < -0.39 is 11.7 Å². The molecule has 0 N–H and O–H groups in total. The van der Waals surface area contributed by atoms with Crippen molar-refractivity contribution in [1.29, 1.82) is 0 Å². The first-order valence-electron chi connectivity index (χ1n) is 9.88. The number of rotatable bonds is 4. The molecule has 2 aliphatic heterocycles. The second-order valence-electron chi connectivity index (χ2n) is 7.91. The fourth-order valence-corrected chi connectivity index (χ4v) is 4.41. The molecule has 0 saturated carbocycles. The van der Waals surface area contributed by atoms with Crippen molar-refractivity contribution in [3.63, 3.8) is 0 Å². The van der Waals surface area contributed by atoms with Gasteiger partial charge in [-0.1, -0.05) is 0 Å². The summed E-state index contributed by atoms with van der Waals surface area (Å²) in [4.78, 5) is 26.8. The highest BCUT2D eigenvalue weighted by Crippen LogP contribution is 2.40. The molecule has 2 fully saturated rings. The third-order valence-electron chi connectivity index (χ3n) is 6.02. The number of amides is 1. The molecule has 8 heteroatoms. The van der Waals surface area contributed by atoms with E-state index in [1.807, 2.05) is 0 Å². The lowest BCUT2D eigenvalue weighted by molar-refractivity contribution is -0.137. The quantitative estimate of drug-likeness (QED) is 0.661. The summed E-state index contributed by atoms with van der Waals surface area (Å²) in [5, 5.41) is 0. The lowest BCUT2D eigenvalue weighted by Crippen LogP contribution is -2.43. The van der Waals surface area contributed by atoms with E-state index in [0.717, 1.165) is 25.0 Å². The largest absolute Gasteiger partial charge is 0.496 e. The highest BCUT2D eigenvalue weighted by molar-refractivity contribution is 5.97. The van der Waals surface area contributed by atoms with Gasteiger partial charge >= 0.3 is 6.18 Å². The van der Waals surface area contributed by atoms with Crippen molar-refractivity contribution in [1.82, 2.24) is 4.90 Å². The monoisotopic (exact) mass is 421 g/mol. The predicted molar refractivity (Wildman–Crippen MR) is 102 cm³/mol. The van der Waals surface area contributed by atoms with Crippen LogP contribution in [-0.4, -0.2) is 36.3 Å². The second kappa shape index (κ2) is 7.49. The molecule has 160 valence electrons. The molecule has 0 unspecified atom stereocenters. The smallest absolute Gasteiger partial charge is 0.416 e. The standard InChI is InChI=1S/C22H22F3NO4/c1-12-9-18(20(28)13-3-5-15-6-8-19(27)26(15)11-13)30-21(12)16-7-4-14(22(23,24)25)10-17(16)29-2/h4,7,9-10,13,15H,3,5-6,8,11H2,1-2H3/t13-,15+/m1/s1. The number of furan rings is 1. The molecule has 5 nitrogen and oxygen atoms in total. The zero-order valence-corrected chi connectivity index (χ0v) is 16.7. The van der Waals surface area contributed by atoms with Gasteiger partial charge in [-0.2, -0.15) is 13.2 Å². The minimum atomic E-state index is -4.49. The number of carbonyl (C=O) groups is 2. The molecule has 2 aromatic rings. The Labute approximate surface area is 171 Å². The molecular weight excluding hydrogens is 399 g/mol. The zero-order valence-electron chi connectivity index (χ0n) is 16.7.